The Bertz CT molecular complexity index is 557. The van der Waals surface area contributed by atoms with E-state index in [9.17, 15) is 18.0 Å². The van der Waals surface area contributed by atoms with Crippen molar-refractivity contribution in [2.24, 2.45) is 5.92 Å². The number of hydrogen-bond acceptors (Lipinski definition) is 2. The molecular formula is C13H9F3N2O. The van der Waals surface area contributed by atoms with Gasteiger partial charge in [0.15, 0.2) is 0 Å². The van der Waals surface area contributed by atoms with Gasteiger partial charge in [0, 0.05) is 5.92 Å². The minimum atomic E-state index is -4.64. The number of nitrogens with zero attached hydrogens (tertiary/aromatic N) is 1. The second-order valence-corrected chi connectivity index (χ2v) is 4.11. The predicted octanol–water partition coefficient (Wildman–Crippen LogP) is 2.49. The van der Waals surface area contributed by atoms with Crippen LogP contribution in [0.15, 0.2) is 42.1 Å². The lowest BCUT2D eigenvalue weighted by molar-refractivity contribution is -0.130. The topological polar surface area (TPSA) is 52.9 Å². The largest absolute Gasteiger partial charge is 0.431 e. The van der Waals surface area contributed by atoms with E-state index >= 15 is 0 Å². The van der Waals surface area contributed by atoms with Gasteiger partial charge in [-0.2, -0.15) is 18.4 Å². The van der Waals surface area contributed by atoms with Crippen LogP contribution in [0, 0.1) is 17.2 Å². The molecule has 0 spiro atoms. The second kappa shape index (κ2) is 4.76. The van der Waals surface area contributed by atoms with Crippen LogP contribution in [0.25, 0.3) is 0 Å². The summed E-state index contributed by atoms with van der Waals surface area (Å²) in [5.41, 5.74) is -0.608. The van der Waals surface area contributed by atoms with Crippen molar-refractivity contribution in [1.82, 2.24) is 5.32 Å². The molecule has 1 aromatic carbocycles. The zero-order valence-electron chi connectivity index (χ0n) is 9.61. The van der Waals surface area contributed by atoms with E-state index in [1.165, 1.54) is 0 Å². The van der Waals surface area contributed by atoms with Gasteiger partial charge in [-0.3, -0.25) is 4.79 Å². The number of nitrogens with one attached hydrogen (secondary N) is 1. The summed E-state index contributed by atoms with van der Waals surface area (Å²) in [6.07, 6.45) is -3.74. The number of allylic oxidation sites excluding steroid dienone is 2. The van der Waals surface area contributed by atoms with E-state index < -0.39 is 29.6 Å². The van der Waals surface area contributed by atoms with Crippen LogP contribution in [-0.2, 0) is 4.79 Å². The SMILES string of the molecule is N#CC1C(=O)NC(C(F)(F)F)=CC1c1ccccc1. The minimum absolute atomic E-state index is 0.505. The Balaban J connectivity index is 2.48. The summed E-state index contributed by atoms with van der Waals surface area (Å²) >= 11 is 0. The van der Waals surface area contributed by atoms with Crippen molar-refractivity contribution in [2.75, 3.05) is 0 Å². The summed E-state index contributed by atoms with van der Waals surface area (Å²) in [7, 11) is 0. The Morgan fingerprint density at radius 3 is 2.37 bits per heavy atom. The number of carbonyl (C=O) groups excluding carboxylic acids is 1. The quantitative estimate of drug-likeness (QED) is 0.849. The minimum Gasteiger partial charge on any atom is -0.321 e. The molecule has 98 valence electrons. The molecule has 0 radical (unpaired) electrons. The first-order valence-electron chi connectivity index (χ1n) is 5.48. The number of amides is 1. The molecule has 1 aliphatic rings. The van der Waals surface area contributed by atoms with Crippen molar-refractivity contribution in [3.8, 4) is 6.07 Å². The average molecular weight is 266 g/mol. The number of hydrogen-bond donors (Lipinski definition) is 1. The second-order valence-electron chi connectivity index (χ2n) is 4.11. The van der Waals surface area contributed by atoms with Gasteiger partial charge in [0.05, 0.1) is 6.07 Å². The maximum atomic E-state index is 12.7. The molecule has 1 aromatic rings. The van der Waals surface area contributed by atoms with Crippen molar-refractivity contribution in [2.45, 2.75) is 12.1 Å². The number of nitriles is 1. The van der Waals surface area contributed by atoms with Gasteiger partial charge in [0.25, 0.3) is 0 Å². The molecule has 1 amide bonds. The molecule has 6 heteroatoms. The first-order valence-corrected chi connectivity index (χ1v) is 5.48. The number of carbonyl (C=O) groups is 1. The van der Waals surface area contributed by atoms with Crippen LogP contribution in [0.4, 0.5) is 13.2 Å². The Hall–Kier alpha value is -2.29. The maximum absolute atomic E-state index is 12.7. The maximum Gasteiger partial charge on any atom is 0.431 e. The lowest BCUT2D eigenvalue weighted by atomic mass is 9.83. The van der Waals surface area contributed by atoms with Crippen LogP contribution < -0.4 is 5.32 Å². The molecular weight excluding hydrogens is 257 g/mol. The zero-order valence-corrected chi connectivity index (χ0v) is 9.61. The molecule has 19 heavy (non-hydrogen) atoms. The van der Waals surface area contributed by atoms with E-state index in [0.29, 0.717) is 5.56 Å². The number of benzene rings is 1. The van der Waals surface area contributed by atoms with Gasteiger partial charge >= 0.3 is 6.18 Å². The molecule has 2 unspecified atom stereocenters. The molecule has 0 aromatic heterocycles. The lowest BCUT2D eigenvalue weighted by Crippen LogP contribution is -2.41. The first kappa shape index (κ1) is 13.1. The van der Waals surface area contributed by atoms with Gasteiger partial charge in [-0.15, -0.1) is 0 Å². The van der Waals surface area contributed by atoms with Crippen LogP contribution in [0.2, 0.25) is 0 Å². The highest BCUT2D eigenvalue weighted by Crippen LogP contribution is 2.35. The van der Waals surface area contributed by atoms with Gasteiger partial charge in [0.1, 0.15) is 11.6 Å². The molecule has 0 bridgehead atoms. The normalized spacial score (nSPS) is 23.3. The van der Waals surface area contributed by atoms with E-state index in [0.717, 1.165) is 6.08 Å². The van der Waals surface area contributed by atoms with Crippen molar-refractivity contribution < 1.29 is 18.0 Å². The molecule has 0 aliphatic carbocycles. The van der Waals surface area contributed by atoms with Crippen molar-refractivity contribution >= 4 is 5.91 Å². The summed E-state index contributed by atoms with van der Waals surface area (Å²) in [4.78, 5) is 11.6. The van der Waals surface area contributed by atoms with Crippen molar-refractivity contribution in [1.29, 1.82) is 5.26 Å². The smallest absolute Gasteiger partial charge is 0.321 e. The van der Waals surface area contributed by atoms with Gasteiger partial charge < -0.3 is 5.32 Å². The molecule has 2 rings (SSSR count). The fraction of sp³-hybridized carbons (Fsp3) is 0.231. The van der Waals surface area contributed by atoms with E-state index in [1.54, 1.807) is 41.7 Å². The Labute approximate surface area is 107 Å². The summed E-state index contributed by atoms with van der Waals surface area (Å²) < 4.78 is 38.0. The summed E-state index contributed by atoms with van der Waals surface area (Å²) in [6, 6.07) is 9.95. The first-order chi connectivity index (χ1) is 8.93. The molecule has 0 saturated carbocycles. The molecule has 1 aliphatic heterocycles. The zero-order chi connectivity index (χ0) is 14.0. The fourth-order valence-electron chi connectivity index (χ4n) is 1.96. The number of rotatable bonds is 1. The van der Waals surface area contributed by atoms with Crippen LogP contribution in [0.3, 0.4) is 0 Å². The van der Waals surface area contributed by atoms with Crippen molar-refractivity contribution in [3.05, 3.63) is 47.7 Å². The highest BCUT2D eigenvalue weighted by Gasteiger charge is 2.42. The van der Waals surface area contributed by atoms with Crippen LogP contribution >= 0.6 is 0 Å². The van der Waals surface area contributed by atoms with Crippen LogP contribution in [0.5, 0.6) is 0 Å². The molecule has 1 heterocycles. The monoisotopic (exact) mass is 266 g/mol. The lowest BCUT2D eigenvalue weighted by Gasteiger charge is -2.27. The third kappa shape index (κ3) is 2.60. The van der Waals surface area contributed by atoms with Gasteiger partial charge in [-0.25, -0.2) is 0 Å². The molecule has 3 nitrogen and oxygen atoms in total. The number of halogens is 3. The third-order valence-electron chi connectivity index (χ3n) is 2.87. The number of alkyl halides is 3. The molecule has 2 atom stereocenters. The summed E-state index contributed by atoms with van der Waals surface area (Å²) in [5, 5.41) is 10.7. The van der Waals surface area contributed by atoms with E-state index in [1.807, 2.05) is 0 Å². The average Bonchev–Trinajstić information content (AvgIpc) is 2.37. The summed E-state index contributed by atoms with van der Waals surface area (Å²) in [5.74, 6) is -2.98. The Morgan fingerprint density at radius 2 is 1.84 bits per heavy atom. The van der Waals surface area contributed by atoms with E-state index in [2.05, 4.69) is 0 Å². The van der Waals surface area contributed by atoms with E-state index in [-0.39, 0.29) is 0 Å². The van der Waals surface area contributed by atoms with Crippen molar-refractivity contribution in [3.63, 3.8) is 0 Å². The van der Waals surface area contributed by atoms with Gasteiger partial charge in [0.2, 0.25) is 5.91 Å². The third-order valence-corrected chi connectivity index (χ3v) is 2.87. The fourth-order valence-corrected chi connectivity index (χ4v) is 1.96. The van der Waals surface area contributed by atoms with E-state index in [4.69, 9.17) is 5.26 Å². The Kier molecular flexibility index (Phi) is 3.30. The predicted molar refractivity (Wildman–Crippen MR) is 60.6 cm³/mol. The standard InChI is InChI=1S/C13H9F3N2O/c14-13(15,16)11-6-9(8-4-2-1-3-5-8)10(7-17)12(19)18-11/h1-6,9-10H,(H,18,19). The van der Waals surface area contributed by atoms with Gasteiger partial charge in [-0.1, -0.05) is 30.3 Å². The molecule has 0 fully saturated rings. The summed E-state index contributed by atoms with van der Waals surface area (Å²) in [6.45, 7) is 0. The Morgan fingerprint density at radius 1 is 1.21 bits per heavy atom. The molecule has 0 saturated heterocycles. The van der Waals surface area contributed by atoms with Gasteiger partial charge in [-0.05, 0) is 11.6 Å². The van der Waals surface area contributed by atoms with Crippen LogP contribution in [0.1, 0.15) is 11.5 Å². The van der Waals surface area contributed by atoms with Crippen LogP contribution in [-0.4, -0.2) is 12.1 Å². The highest BCUT2D eigenvalue weighted by atomic mass is 19.4. The highest BCUT2D eigenvalue weighted by molar-refractivity contribution is 5.85. The molecule has 1 N–H and O–H groups in total.